The molecule has 5 aromatic carbocycles. The van der Waals surface area contributed by atoms with Crippen molar-refractivity contribution in [2.75, 3.05) is 36.0 Å². The minimum atomic E-state index is -1.19. The first-order valence-corrected chi connectivity index (χ1v) is 19.5. The van der Waals surface area contributed by atoms with Crippen LogP contribution in [0.4, 0.5) is 20.6 Å². The number of aldehydes is 1. The maximum atomic E-state index is 15.1. The molecule has 1 saturated heterocycles. The molecular weight excluding hydrogens is 743 g/mol. The molecule has 57 heavy (non-hydrogen) atoms. The number of alkyl carbamates (subject to hydrolysis) is 1. The van der Waals surface area contributed by atoms with Gasteiger partial charge in [-0.2, -0.15) is 0 Å². The van der Waals surface area contributed by atoms with E-state index in [0.717, 1.165) is 39.8 Å². The van der Waals surface area contributed by atoms with Crippen LogP contribution in [0, 0.1) is 5.82 Å². The molecule has 11 heteroatoms. The molecule has 5 aromatic rings. The average Bonchev–Trinajstić information content (AvgIpc) is 3.32. The molecule has 9 nitrogen and oxygen atoms in total. The molecule has 7 rings (SSSR count). The molecule has 3 atom stereocenters. The van der Waals surface area contributed by atoms with Gasteiger partial charge in [0, 0.05) is 49.0 Å². The van der Waals surface area contributed by atoms with Gasteiger partial charge in [0.25, 0.3) is 5.91 Å². The van der Waals surface area contributed by atoms with Crippen molar-refractivity contribution in [3.05, 3.63) is 154 Å². The van der Waals surface area contributed by atoms with E-state index >= 15 is 4.79 Å². The van der Waals surface area contributed by atoms with Crippen molar-refractivity contribution in [3.8, 4) is 11.1 Å². The zero-order valence-electron chi connectivity index (χ0n) is 32.2. The van der Waals surface area contributed by atoms with Crippen LogP contribution in [0.1, 0.15) is 49.1 Å². The summed E-state index contributed by atoms with van der Waals surface area (Å²) in [5.74, 6) is -0.658. The molecule has 0 aromatic heterocycles. The first-order chi connectivity index (χ1) is 27.5. The third-order valence-corrected chi connectivity index (χ3v) is 10.5. The number of carbonyl (C=O) groups excluding carboxylic acids is 3. The Balaban J connectivity index is 1.23. The van der Waals surface area contributed by atoms with Crippen LogP contribution in [-0.2, 0) is 32.2 Å². The summed E-state index contributed by atoms with van der Waals surface area (Å²) in [6.45, 7) is 7.92. The Bertz CT molecular complexity index is 2190. The van der Waals surface area contributed by atoms with Gasteiger partial charge >= 0.3 is 6.09 Å². The van der Waals surface area contributed by atoms with Crippen molar-refractivity contribution in [1.29, 1.82) is 0 Å². The van der Waals surface area contributed by atoms with E-state index in [4.69, 9.17) is 21.1 Å². The number of carbonyl (C=O) groups is 3. The predicted molar refractivity (Wildman–Crippen MR) is 221 cm³/mol. The Morgan fingerprint density at radius 2 is 1.58 bits per heavy atom. The predicted octanol–water partition coefficient (Wildman–Crippen LogP) is 8.58. The number of hydrogen-bond acceptors (Lipinski definition) is 7. The Morgan fingerprint density at radius 3 is 2.26 bits per heavy atom. The number of ether oxygens (including phenoxy) is 2. The molecule has 1 fully saturated rings. The van der Waals surface area contributed by atoms with E-state index in [-0.39, 0.29) is 24.8 Å². The second-order valence-corrected chi connectivity index (χ2v) is 15.8. The van der Waals surface area contributed by atoms with Crippen molar-refractivity contribution in [3.63, 3.8) is 0 Å². The number of piperazine rings is 1. The van der Waals surface area contributed by atoms with Crippen LogP contribution in [0.2, 0.25) is 5.02 Å². The first-order valence-electron chi connectivity index (χ1n) is 19.1. The number of amides is 2. The van der Waals surface area contributed by atoms with Gasteiger partial charge in [-0.15, -0.1) is 0 Å². The van der Waals surface area contributed by atoms with Gasteiger partial charge < -0.3 is 29.4 Å². The molecular formula is C46H46ClFN4O5. The molecule has 294 valence electrons. The van der Waals surface area contributed by atoms with Gasteiger partial charge in [-0.3, -0.25) is 9.69 Å². The summed E-state index contributed by atoms with van der Waals surface area (Å²) in [7, 11) is 0. The third-order valence-electron chi connectivity index (χ3n) is 10.2. The standard InChI is InChI=1S/C46H46ClFN4O5/c1-46(2,3)57-45(55)49-28-32-8-7-11-35(26-32)42-39-27-36(47)16-21-40(39)52(29-31-12-14-34(15-13-31)33-9-5-4-6-10-33)44(54)43(56-42)41(30-53)51-24-22-50(23-25-51)38-19-17-37(48)18-20-38/h4-21,26-27,30,41-43H,22-25,28-29H2,1-3H3,(H,49,55). The summed E-state index contributed by atoms with van der Waals surface area (Å²) in [6, 6.07) is 36.6. The summed E-state index contributed by atoms with van der Waals surface area (Å²) < 4.78 is 26.0. The molecule has 2 heterocycles. The minimum absolute atomic E-state index is 0.195. The van der Waals surface area contributed by atoms with E-state index in [0.29, 0.717) is 42.5 Å². The molecule has 0 radical (unpaired) electrons. The Hall–Kier alpha value is -5.55. The second kappa shape index (κ2) is 17.3. The van der Waals surface area contributed by atoms with Gasteiger partial charge in [0.15, 0.2) is 6.10 Å². The summed E-state index contributed by atoms with van der Waals surface area (Å²) in [4.78, 5) is 46.6. The van der Waals surface area contributed by atoms with Crippen LogP contribution >= 0.6 is 11.6 Å². The number of rotatable bonds is 10. The van der Waals surface area contributed by atoms with Gasteiger partial charge in [0.05, 0.1) is 12.2 Å². The van der Waals surface area contributed by atoms with E-state index in [1.54, 1.807) is 43.9 Å². The summed E-state index contributed by atoms with van der Waals surface area (Å²) in [5.41, 5.74) is 6.07. The monoisotopic (exact) mass is 788 g/mol. The van der Waals surface area contributed by atoms with Gasteiger partial charge in [-0.05, 0) is 91.1 Å². The lowest BCUT2D eigenvalue weighted by Gasteiger charge is -2.41. The minimum Gasteiger partial charge on any atom is -0.444 e. The zero-order valence-corrected chi connectivity index (χ0v) is 33.0. The quantitative estimate of drug-likeness (QED) is 0.142. The SMILES string of the molecule is CC(C)(C)OC(=O)NCc1cccc(C2OC(C(C=O)N3CCN(c4ccc(F)cc4)CC3)C(=O)N(Cc3ccc(-c4ccccc4)cc3)c3ccc(Cl)cc32)c1. The molecule has 2 aliphatic heterocycles. The summed E-state index contributed by atoms with van der Waals surface area (Å²) in [5, 5.41) is 3.28. The highest BCUT2D eigenvalue weighted by Crippen LogP contribution is 2.41. The van der Waals surface area contributed by atoms with Crippen molar-refractivity contribution in [2.24, 2.45) is 0 Å². The van der Waals surface area contributed by atoms with Crippen molar-refractivity contribution < 1.29 is 28.2 Å². The lowest BCUT2D eigenvalue weighted by atomic mass is 9.97. The van der Waals surface area contributed by atoms with Crippen molar-refractivity contribution in [1.82, 2.24) is 10.2 Å². The summed E-state index contributed by atoms with van der Waals surface area (Å²) in [6.07, 6.45) is -1.72. The number of nitrogens with one attached hydrogen (secondary N) is 1. The van der Waals surface area contributed by atoms with E-state index in [9.17, 15) is 14.0 Å². The smallest absolute Gasteiger partial charge is 0.407 e. The Labute approximate surface area is 337 Å². The normalized spacial score (nSPS) is 18.0. The molecule has 0 aliphatic carbocycles. The van der Waals surface area contributed by atoms with Gasteiger partial charge in [0.1, 0.15) is 29.9 Å². The molecule has 2 aliphatic rings. The highest BCUT2D eigenvalue weighted by Gasteiger charge is 2.43. The van der Waals surface area contributed by atoms with E-state index in [2.05, 4.69) is 22.3 Å². The Morgan fingerprint density at radius 1 is 0.877 bits per heavy atom. The molecule has 0 saturated carbocycles. The number of anilines is 2. The van der Waals surface area contributed by atoms with Gasteiger partial charge in [0.2, 0.25) is 0 Å². The maximum Gasteiger partial charge on any atom is 0.407 e. The number of nitrogens with zero attached hydrogens (tertiary/aromatic N) is 3. The average molecular weight is 789 g/mol. The van der Waals surface area contributed by atoms with Crippen LogP contribution < -0.4 is 15.1 Å². The number of fused-ring (bicyclic) bond motifs is 1. The largest absolute Gasteiger partial charge is 0.444 e. The lowest BCUT2D eigenvalue weighted by Crippen LogP contribution is -2.58. The van der Waals surface area contributed by atoms with Crippen molar-refractivity contribution >= 4 is 41.3 Å². The van der Waals surface area contributed by atoms with Crippen LogP contribution in [0.5, 0.6) is 0 Å². The van der Waals surface area contributed by atoms with Gasteiger partial charge in [-0.1, -0.05) is 90.5 Å². The van der Waals surface area contributed by atoms with E-state index in [1.807, 2.05) is 83.8 Å². The number of hydrogen-bond donors (Lipinski definition) is 1. The Kier molecular flexibility index (Phi) is 12.0. The van der Waals surface area contributed by atoms with E-state index in [1.165, 1.54) is 12.1 Å². The first kappa shape index (κ1) is 39.7. The molecule has 1 N–H and O–H groups in total. The fourth-order valence-electron chi connectivity index (χ4n) is 7.43. The fraction of sp³-hybridized carbons (Fsp3) is 0.283. The molecule has 0 bridgehead atoms. The molecule has 0 spiro atoms. The highest BCUT2D eigenvalue weighted by molar-refractivity contribution is 6.30. The number of halogens is 2. The zero-order chi connectivity index (χ0) is 40.1. The lowest BCUT2D eigenvalue weighted by molar-refractivity contribution is -0.142. The van der Waals surface area contributed by atoms with Crippen LogP contribution in [0.25, 0.3) is 11.1 Å². The van der Waals surface area contributed by atoms with Gasteiger partial charge in [-0.25, -0.2) is 9.18 Å². The highest BCUT2D eigenvalue weighted by atomic mass is 35.5. The number of benzene rings is 5. The molecule has 3 unspecified atom stereocenters. The maximum absolute atomic E-state index is 15.1. The van der Waals surface area contributed by atoms with E-state index < -0.39 is 29.9 Å². The third kappa shape index (κ3) is 9.53. The topological polar surface area (TPSA) is 91.4 Å². The summed E-state index contributed by atoms with van der Waals surface area (Å²) >= 11 is 6.68. The van der Waals surface area contributed by atoms with Crippen LogP contribution in [0.15, 0.2) is 121 Å². The molecule has 2 amide bonds. The fourth-order valence-corrected chi connectivity index (χ4v) is 7.61. The second-order valence-electron chi connectivity index (χ2n) is 15.4. The van der Waals surface area contributed by atoms with Crippen LogP contribution in [0.3, 0.4) is 0 Å². The van der Waals surface area contributed by atoms with Crippen molar-refractivity contribution in [2.45, 2.75) is 57.7 Å². The van der Waals surface area contributed by atoms with Crippen LogP contribution in [-0.4, -0.2) is 67.1 Å².